The van der Waals surface area contributed by atoms with Crippen LogP contribution < -0.4 is 10.6 Å². The summed E-state index contributed by atoms with van der Waals surface area (Å²) in [6.45, 7) is 2.17. The molecule has 1 aromatic heterocycles. The van der Waals surface area contributed by atoms with Gasteiger partial charge in [-0.2, -0.15) is 0 Å². The van der Waals surface area contributed by atoms with Crippen molar-refractivity contribution in [3.05, 3.63) is 40.0 Å². The first kappa shape index (κ1) is 23.7. The largest absolute Gasteiger partial charge is 0.510 e. The molecule has 0 saturated carbocycles. The number of rotatable bonds is 4. The number of primary amides is 1. The molecule has 3 aliphatic rings. The normalized spacial score (nSPS) is 28.6. The number of allylic oxidation sites excluding steroid dienone is 1. The highest BCUT2D eigenvalue weighted by Crippen LogP contribution is 2.52. The Morgan fingerprint density at radius 2 is 1.88 bits per heavy atom. The van der Waals surface area contributed by atoms with Crippen LogP contribution in [0.25, 0.3) is 0 Å². The zero-order valence-corrected chi connectivity index (χ0v) is 19.4. The first-order valence-corrected chi connectivity index (χ1v) is 10.9. The quantitative estimate of drug-likeness (QED) is 0.374. The van der Waals surface area contributed by atoms with E-state index in [4.69, 9.17) is 5.73 Å². The first-order chi connectivity index (χ1) is 15.9. The van der Waals surface area contributed by atoms with Crippen molar-refractivity contribution < 1.29 is 34.8 Å². The molecule has 11 nitrogen and oxygen atoms in total. The summed E-state index contributed by atoms with van der Waals surface area (Å²) in [6, 6.07) is -1.01. The third kappa shape index (κ3) is 2.96. The number of fused-ring (bicyclic) bond motifs is 3. The van der Waals surface area contributed by atoms with Gasteiger partial charge in [-0.05, 0) is 32.4 Å². The molecule has 0 spiro atoms. The van der Waals surface area contributed by atoms with Gasteiger partial charge in [0.15, 0.2) is 11.4 Å². The van der Waals surface area contributed by atoms with Gasteiger partial charge in [-0.15, -0.1) is 0 Å². The van der Waals surface area contributed by atoms with Crippen LogP contribution in [0.2, 0.25) is 0 Å². The van der Waals surface area contributed by atoms with Crippen molar-refractivity contribution >= 4 is 23.3 Å². The van der Waals surface area contributed by atoms with Gasteiger partial charge in [0.25, 0.3) is 5.91 Å². The number of aliphatic hydroxyl groups is 3. The minimum atomic E-state index is -2.64. The number of amides is 1. The van der Waals surface area contributed by atoms with E-state index in [1.54, 1.807) is 37.9 Å². The first-order valence-electron chi connectivity index (χ1n) is 10.9. The van der Waals surface area contributed by atoms with Crippen molar-refractivity contribution in [3.63, 3.8) is 0 Å². The van der Waals surface area contributed by atoms with E-state index in [1.165, 1.54) is 0 Å². The molecule has 1 heterocycles. The van der Waals surface area contributed by atoms with E-state index in [2.05, 4.69) is 4.98 Å². The number of pyridine rings is 1. The second-order valence-corrected chi connectivity index (χ2v) is 9.29. The fraction of sp³-hybridized carbons (Fsp3) is 0.478. The van der Waals surface area contributed by atoms with Crippen LogP contribution in [0.15, 0.2) is 28.9 Å². The Kier molecular flexibility index (Phi) is 5.45. The van der Waals surface area contributed by atoms with Crippen molar-refractivity contribution in [2.45, 2.75) is 31.4 Å². The number of carbonyl (C=O) groups excluding carboxylic acids is 3. The summed E-state index contributed by atoms with van der Waals surface area (Å²) in [5.41, 5.74) is 2.13. The lowest BCUT2D eigenvalue weighted by Gasteiger charge is -2.50. The molecule has 0 saturated heterocycles. The molecule has 6 N–H and O–H groups in total. The Morgan fingerprint density at radius 3 is 2.44 bits per heavy atom. The number of aromatic hydroxyl groups is 1. The lowest BCUT2D eigenvalue weighted by atomic mass is 9.58. The maximum atomic E-state index is 13.5. The summed E-state index contributed by atoms with van der Waals surface area (Å²) < 4.78 is 0. The topological polar surface area (TPSA) is 178 Å². The Labute approximate surface area is 195 Å². The van der Waals surface area contributed by atoms with Gasteiger partial charge in [0.2, 0.25) is 5.78 Å². The molecule has 3 aliphatic carbocycles. The number of anilines is 1. The van der Waals surface area contributed by atoms with Gasteiger partial charge in [-0.25, -0.2) is 4.98 Å². The van der Waals surface area contributed by atoms with E-state index in [0.29, 0.717) is 17.9 Å². The monoisotopic (exact) mass is 472 g/mol. The molecule has 4 rings (SSSR count). The highest BCUT2D eigenvalue weighted by Gasteiger charge is 2.63. The van der Waals surface area contributed by atoms with Crippen LogP contribution in [-0.2, 0) is 16.0 Å². The summed E-state index contributed by atoms with van der Waals surface area (Å²) in [4.78, 5) is 46.4. The number of aromatic nitrogens is 1. The van der Waals surface area contributed by atoms with Crippen LogP contribution in [0.3, 0.4) is 0 Å². The van der Waals surface area contributed by atoms with Crippen molar-refractivity contribution in [1.29, 1.82) is 0 Å². The Bertz CT molecular complexity index is 1190. The predicted octanol–water partition coefficient (Wildman–Crippen LogP) is -0.0283. The number of nitrogens with two attached hydrogens (primary N) is 1. The van der Waals surface area contributed by atoms with Gasteiger partial charge >= 0.3 is 0 Å². The molecule has 182 valence electrons. The third-order valence-electron chi connectivity index (χ3n) is 7.29. The standard InChI is InChI=1S/C23H28N4O7/c1-5-27(4)16-11-7-9-6-10-14(12(28)8-25-22(10)26(2)3)17(29)13(9)19(31)23(11,34)20(32)15(18(16)30)21(24)33/h8-9,11,16,28,30-31,34H,5-7H2,1-4H3,(H2,24,33)/t9?,11-,16-,23-/m0/s1. The molecule has 1 aromatic rings. The van der Waals surface area contributed by atoms with Gasteiger partial charge in [0.05, 0.1) is 17.8 Å². The smallest absolute Gasteiger partial charge is 0.255 e. The molecule has 0 radical (unpaired) electrons. The molecular formula is C23H28N4O7. The maximum Gasteiger partial charge on any atom is 0.255 e. The van der Waals surface area contributed by atoms with E-state index in [1.807, 2.05) is 0 Å². The average Bonchev–Trinajstić information content (AvgIpc) is 2.75. The summed E-state index contributed by atoms with van der Waals surface area (Å²) in [5, 5.41) is 44.2. The minimum absolute atomic E-state index is 0.0421. The number of carbonyl (C=O) groups is 3. The van der Waals surface area contributed by atoms with Gasteiger partial charge in [-0.3, -0.25) is 19.3 Å². The number of nitrogens with zero attached hydrogens (tertiary/aromatic N) is 3. The van der Waals surface area contributed by atoms with Crippen LogP contribution in [0.4, 0.5) is 5.82 Å². The molecule has 0 aromatic carbocycles. The van der Waals surface area contributed by atoms with Crippen LogP contribution in [0, 0.1) is 11.8 Å². The van der Waals surface area contributed by atoms with Crippen molar-refractivity contribution in [2.24, 2.45) is 17.6 Å². The Hall–Kier alpha value is -3.44. The minimum Gasteiger partial charge on any atom is -0.510 e. The average molecular weight is 472 g/mol. The van der Waals surface area contributed by atoms with Gasteiger partial charge in [0.1, 0.15) is 28.7 Å². The maximum absolute atomic E-state index is 13.5. The lowest BCUT2D eigenvalue weighted by molar-refractivity contribution is -0.148. The second-order valence-electron chi connectivity index (χ2n) is 9.29. The number of hydrogen-bond donors (Lipinski definition) is 5. The number of likely N-dealkylation sites (N-methyl/N-ethyl adjacent to an activating group) is 1. The summed E-state index contributed by atoms with van der Waals surface area (Å²) >= 11 is 0. The molecular weight excluding hydrogens is 444 g/mol. The van der Waals surface area contributed by atoms with E-state index in [0.717, 1.165) is 6.20 Å². The number of Topliss-reactive ketones (excluding diaryl/α,β-unsaturated/α-hetero) is 2. The molecule has 0 aliphatic heterocycles. The number of aliphatic hydroxyl groups excluding tert-OH is 2. The SMILES string of the molecule is CCN(C)[C@@H]1C(O)=C(C(N)=O)C(=O)[C@@]2(O)C(O)=C3C(=O)c4c(O)cnc(N(C)C)c4CC3C[C@@H]12. The molecule has 1 unspecified atom stereocenters. The molecule has 0 fully saturated rings. The molecule has 4 atom stereocenters. The van der Waals surface area contributed by atoms with Crippen molar-refractivity contribution in [1.82, 2.24) is 9.88 Å². The van der Waals surface area contributed by atoms with E-state index < -0.39 is 58.0 Å². The van der Waals surface area contributed by atoms with Crippen LogP contribution in [-0.4, -0.2) is 87.1 Å². The Balaban J connectivity index is 1.98. The highest BCUT2D eigenvalue weighted by atomic mass is 16.3. The van der Waals surface area contributed by atoms with Gasteiger partial charge in [0, 0.05) is 31.1 Å². The van der Waals surface area contributed by atoms with Crippen LogP contribution in [0.5, 0.6) is 5.75 Å². The lowest BCUT2D eigenvalue weighted by Crippen LogP contribution is -2.64. The third-order valence-corrected chi connectivity index (χ3v) is 7.29. The van der Waals surface area contributed by atoms with Gasteiger partial charge in [-0.1, -0.05) is 6.92 Å². The van der Waals surface area contributed by atoms with E-state index >= 15 is 0 Å². The van der Waals surface area contributed by atoms with E-state index in [9.17, 15) is 34.8 Å². The van der Waals surface area contributed by atoms with E-state index in [-0.39, 0.29) is 29.7 Å². The summed E-state index contributed by atoms with van der Waals surface area (Å²) in [5.74, 6) is -6.27. The Morgan fingerprint density at radius 1 is 1.24 bits per heavy atom. The van der Waals surface area contributed by atoms with Crippen LogP contribution >= 0.6 is 0 Å². The molecule has 1 amide bonds. The fourth-order valence-electron chi connectivity index (χ4n) is 5.62. The summed E-state index contributed by atoms with van der Waals surface area (Å²) in [7, 11) is 5.12. The van der Waals surface area contributed by atoms with Gasteiger partial charge < -0.3 is 31.1 Å². The predicted molar refractivity (Wildman–Crippen MR) is 120 cm³/mol. The molecule has 11 heteroatoms. The molecule has 0 bridgehead atoms. The molecule has 34 heavy (non-hydrogen) atoms. The van der Waals surface area contributed by atoms with Crippen molar-refractivity contribution in [3.8, 4) is 5.75 Å². The number of ketones is 2. The second kappa shape index (κ2) is 7.81. The highest BCUT2D eigenvalue weighted by molar-refractivity contribution is 6.24. The fourth-order valence-corrected chi connectivity index (χ4v) is 5.62. The summed E-state index contributed by atoms with van der Waals surface area (Å²) in [6.07, 6.45) is 1.38. The zero-order valence-electron chi connectivity index (χ0n) is 19.4. The van der Waals surface area contributed by atoms with Crippen LogP contribution in [0.1, 0.15) is 29.3 Å². The zero-order chi connectivity index (χ0) is 25.3. The number of hydrogen-bond acceptors (Lipinski definition) is 10. The van der Waals surface area contributed by atoms with Crippen molar-refractivity contribution in [2.75, 3.05) is 32.6 Å².